The smallest absolute Gasteiger partial charge is 0.193 e. The van der Waals surface area contributed by atoms with Crippen LogP contribution in [0.25, 0.3) is 0 Å². The van der Waals surface area contributed by atoms with Gasteiger partial charge in [0.25, 0.3) is 0 Å². The summed E-state index contributed by atoms with van der Waals surface area (Å²) in [6.45, 7) is 5.33. The molecule has 0 bridgehead atoms. The first-order valence-electron chi connectivity index (χ1n) is 10.5. The van der Waals surface area contributed by atoms with Gasteiger partial charge in [-0.1, -0.05) is 42.5 Å². The Morgan fingerprint density at radius 2 is 1.93 bits per heavy atom. The van der Waals surface area contributed by atoms with Crippen molar-refractivity contribution in [1.82, 2.24) is 10.2 Å². The Kier molecular flexibility index (Phi) is 7.94. The van der Waals surface area contributed by atoms with Crippen molar-refractivity contribution < 1.29 is 9.47 Å². The van der Waals surface area contributed by atoms with Crippen LogP contribution in [-0.2, 0) is 11.3 Å². The molecular formula is C24H33N3O2. The Morgan fingerprint density at radius 3 is 2.62 bits per heavy atom. The summed E-state index contributed by atoms with van der Waals surface area (Å²) in [6.07, 6.45) is 2.37. The van der Waals surface area contributed by atoms with Crippen LogP contribution < -0.4 is 10.1 Å². The summed E-state index contributed by atoms with van der Waals surface area (Å²) >= 11 is 0. The Bertz CT molecular complexity index is 761. The number of benzene rings is 2. The molecule has 1 heterocycles. The van der Waals surface area contributed by atoms with Gasteiger partial charge in [-0.05, 0) is 43.0 Å². The highest BCUT2D eigenvalue weighted by Crippen LogP contribution is 2.33. The molecule has 0 radical (unpaired) electrons. The molecule has 3 rings (SSSR count). The SMILES string of the molecule is CCNC(=NCC1CCCOC1c1ccccc1)N(C)Cc1ccc(OC)cc1. The lowest BCUT2D eigenvalue weighted by Gasteiger charge is -2.32. The van der Waals surface area contributed by atoms with Crippen molar-refractivity contribution in [1.29, 1.82) is 0 Å². The molecule has 1 N–H and O–H groups in total. The van der Waals surface area contributed by atoms with Crippen LogP contribution in [0.1, 0.15) is 37.0 Å². The number of nitrogens with zero attached hydrogens (tertiary/aromatic N) is 2. The number of guanidine groups is 1. The van der Waals surface area contributed by atoms with E-state index in [0.717, 1.165) is 50.8 Å². The van der Waals surface area contributed by atoms with Crippen LogP contribution in [0.3, 0.4) is 0 Å². The van der Waals surface area contributed by atoms with Crippen molar-refractivity contribution in [2.45, 2.75) is 32.4 Å². The number of aliphatic imine (C=N–C) groups is 1. The van der Waals surface area contributed by atoms with E-state index in [4.69, 9.17) is 14.5 Å². The van der Waals surface area contributed by atoms with Crippen molar-refractivity contribution in [3.63, 3.8) is 0 Å². The highest BCUT2D eigenvalue weighted by molar-refractivity contribution is 5.79. The van der Waals surface area contributed by atoms with Gasteiger partial charge in [-0.2, -0.15) is 0 Å². The largest absolute Gasteiger partial charge is 0.497 e. The topological polar surface area (TPSA) is 46.1 Å². The minimum Gasteiger partial charge on any atom is -0.497 e. The van der Waals surface area contributed by atoms with E-state index in [1.54, 1.807) is 7.11 Å². The third-order valence-corrected chi connectivity index (χ3v) is 5.32. The first-order valence-corrected chi connectivity index (χ1v) is 10.5. The second-order valence-corrected chi connectivity index (χ2v) is 7.50. The Hall–Kier alpha value is -2.53. The molecule has 156 valence electrons. The molecule has 5 heteroatoms. The fourth-order valence-corrected chi connectivity index (χ4v) is 3.79. The van der Waals surface area contributed by atoms with Crippen molar-refractivity contribution in [3.05, 3.63) is 65.7 Å². The molecule has 0 saturated carbocycles. The van der Waals surface area contributed by atoms with Crippen molar-refractivity contribution in [2.75, 3.05) is 33.9 Å². The van der Waals surface area contributed by atoms with E-state index >= 15 is 0 Å². The van der Waals surface area contributed by atoms with Crippen molar-refractivity contribution in [3.8, 4) is 5.75 Å². The zero-order chi connectivity index (χ0) is 20.5. The van der Waals surface area contributed by atoms with Gasteiger partial charge in [0, 0.05) is 39.2 Å². The number of ether oxygens (including phenoxy) is 2. The number of nitrogens with one attached hydrogen (secondary N) is 1. The predicted octanol–water partition coefficient (Wildman–Crippen LogP) is 4.26. The minimum atomic E-state index is 0.128. The molecule has 2 aromatic rings. The van der Waals surface area contributed by atoms with Gasteiger partial charge < -0.3 is 19.7 Å². The average Bonchev–Trinajstić information content (AvgIpc) is 2.78. The second-order valence-electron chi connectivity index (χ2n) is 7.50. The summed E-state index contributed by atoms with van der Waals surface area (Å²) in [6, 6.07) is 18.7. The number of hydrogen-bond acceptors (Lipinski definition) is 3. The van der Waals surface area contributed by atoms with Crippen LogP contribution in [0.2, 0.25) is 0 Å². The lowest BCUT2D eigenvalue weighted by Crippen LogP contribution is -2.39. The van der Waals surface area contributed by atoms with Gasteiger partial charge in [0.2, 0.25) is 0 Å². The Labute approximate surface area is 174 Å². The lowest BCUT2D eigenvalue weighted by atomic mass is 9.89. The molecular weight excluding hydrogens is 362 g/mol. The number of hydrogen-bond donors (Lipinski definition) is 1. The van der Waals surface area contributed by atoms with Gasteiger partial charge in [-0.3, -0.25) is 4.99 Å². The molecule has 0 aromatic heterocycles. The summed E-state index contributed by atoms with van der Waals surface area (Å²) in [7, 11) is 3.77. The van der Waals surface area contributed by atoms with Crippen LogP contribution in [0.15, 0.2) is 59.6 Å². The third-order valence-electron chi connectivity index (χ3n) is 5.32. The zero-order valence-electron chi connectivity index (χ0n) is 17.8. The highest BCUT2D eigenvalue weighted by Gasteiger charge is 2.27. The fourth-order valence-electron chi connectivity index (χ4n) is 3.79. The van der Waals surface area contributed by atoms with Crippen LogP contribution in [0.5, 0.6) is 5.75 Å². The number of rotatable bonds is 7. The molecule has 0 amide bonds. The van der Waals surface area contributed by atoms with Gasteiger partial charge in [0.15, 0.2) is 5.96 Å². The maximum Gasteiger partial charge on any atom is 0.193 e. The maximum atomic E-state index is 6.13. The third kappa shape index (κ3) is 5.97. The first kappa shape index (κ1) is 21.2. The van der Waals surface area contributed by atoms with E-state index in [9.17, 15) is 0 Å². The monoisotopic (exact) mass is 395 g/mol. The van der Waals surface area contributed by atoms with Gasteiger partial charge in [0.1, 0.15) is 5.75 Å². The normalized spacial score (nSPS) is 19.6. The fraction of sp³-hybridized carbons (Fsp3) is 0.458. The molecule has 2 atom stereocenters. The molecule has 0 aliphatic carbocycles. The summed E-state index contributed by atoms with van der Waals surface area (Å²) in [5.74, 6) is 2.20. The lowest BCUT2D eigenvalue weighted by molar-refractivity contribution is -0.0250. The van der Waals surface area contributed by atoms with Crippen LogP contribution in [0.4, 0.5) is 0 Å². The predicted molar refractivity (Wildman–Crippen MR) is 118 cm³/mol. The van der Waals surface area contributed by atoms with Crippen molar-refractivity contribution in [2.24, 2.45) is 10.9 Å². The van der Waals surface area contributed by atoms with Crippen molar-refractivity contribution >= 4 is 5.96 Å². The van der Waals surface area contributed by atoms with E-state index < -0.39 is 0 Å². The second kappa shape index (κ2) is 10.9. The highest BCUT2D eigenvalue weighted by atomic mass is 16.5. The van der Waals surface area contributed by atoms with E-state index in [0.29, 0.717) is 5.92 Å². The van der Waals surface area contributed by atoms with Gasteiger partial charge >= 0.3 is 0 Å². The molecule has 5 nitrogen and oxygen atoms in total. The van der Waals surface area contributed by atoms with Crippen LogP contribution >= 0.6 is 0 Å². The van der Waals surface area contributed by atoms with E-state index in [1.165, 1.54) is 11.1 Å². The van der Waals surface area contributed by atoms with Gasteiger partial charge in [-0.25, -0.2) is 0 Å². The van der Waals surface area contributed by atoms with Gasteiger partial charge in [-0.15, -0.1) is 0 Å². The zero-order valence-corrected chi connectivity index (χ0v) is 17.8. The van der Waals surface area contributed by atoms with E-state index in [2.05, 4.69) is 66.7 Å². The van der Waals surface area contributed by atoms with Crippen LogP contribution in [0, 0.1) is 5.92 Å². The summed E-state index contributed by atoms with van der Waals surface area (Å²) in [5.41, 5.74) is 2.48. The molecule has 1 saturated heterocycles. The molecule has 1 aliphatic heterocycles. The molecule has 2 aromatic carbocycles. The van der Waals surface area contributed by atoms with E-state index in [1.807, 2.05) is 12.1 Å². The summed E-state index contributed by atoms with van der Waals surface area (Å²) in [5, 5.41) is 3.43. The summed E-state index contributed by atoms with van der Waals surface area (Å²) in [4.78, 5) is 7.14. The standard InChI is InChI=1S/C24H33N3O2/c1-4-25-24(27(2)18-19-12-14-22(28-3)15-13-19)26-17-21-11-8-16-29-23(21)20-9-6-5-7-10-20/h5-7,9-10,12-15,21,23H,4,8,11,16-18H2,1-3H3,(H,25,26). The minimum absolute atomic E-state index is 0.128. The quantitative estimate of drug-likeness (QED) is 0.562. The number of methoxy groups -OCH3 is 1. The molecule has 2 unspecified atom stereocenters. The molecule has 1 aliphatic rings. The molecule has 29 heavy (non-hydrogen) atoms. The Balaban J connectivity index is 1.68. The van der Waals surface area contributed by atoms with E-state index in [-0.39, 0.29) is 6.10 Å². The van der Waals surface area contributed by atoms with Crippen LogP contribution in [-0.4, -0.2) is 44.7 Å². The summed E-state index contributed by atoms with van der Waals surface area (Å²) < 4.78 is 11.4. The first-order chi connectivity index (χ1) is 14.2. The van der Waals surface area contributed by atoms with Gasteiger partial charge in [0.05, 0.1) is 13.2 Å². The molecule has 1 fully saturated rings. The maximum absolute atomic E-state index is 6.13. The Morgan fingerprint density at radius 1 is 1.17 bits per heavy atom. The molecule has 0 spiro atoms. The average molecular weight is 396 g/mol.